The Morgan fingerprint density at radius 3 is 2.10 bits per heavy atom. The quantitative estimate of drug-likeness (QED) is 0.330. The number of nitrogens with one attached hydrogen (secondary N) is 3. The lowest BCUT2D eigenvalue weighted by Gasteiger charge is -2.29. The van der Waals surface area contributed by atoms with Crippen molar-refractivity contribution in [2.75, 3.05) is 19.0 Å². The van der Waals surface area contributed by atoms with Gasteiger partial charge in [0, 0.05) is 7.11 Å². The SMILES string of the molecule is COCc1cc(NC(=O)[C@@H](NC(=O)OC(C)(C)C)C(C2CC2)C2CC2)c(F)cc1C(C)C(=O)NCC(F)(F)F. The van der Waals surface area contributed by atoms with Crippen molar-refractivity contribution in [1.82, 2.24) is 10.6 Å². The Kier molecular flexibility index (Phi) is 9.51. The van der Waals surface area contributed by atoms with Crippen molar-refractivity contribution in [3.63, 3.8) is 0 Å². The molecule has 8 nitrogen and oxygen atoms in total. The van der Waals surface area contributed by atoms with Crippen LogP contribution in [0.5, 0.6) is 0 Å². The largest absolute Gasteiger partial charge is 0.444 e. The van der Waals surface area contributed by atoms with Gasteiger partial charge in [0.1, 0.15) is 24.0 Å². The van der Waals surface area contributed by atoms with Crippen molar-refractivity contribution < 1.29 is 41.4 Å². The van der Waals surface area contributed by atoms with Crippen LogP contribution in [0.3, 0.4) is 0 Å². The first-order valence-electron chi connectivity index (χ1n) is 13.1. The van der Waals surface area contributed by atoms with Gasteiger partial charge in [0.25, 0.3) is 0 Å². The van der Waals surface area contributed by atoms with Crippen LogP contribution in [-0.2, 0) is 25.7 Å². The number of alkyl carbamates (subject to hydrolysis) is 1. The fourth-order valence-corrected chi connectivity index (χ4v) is 4.77. The highest BCUT2D eigenvalue weighted by atomic mass is 19.4. The molecule has 0 radical (unpaired) electrons. The number of alkyl halides is 3. The summed E-state index contributed by atoms with van der Waals surface area (Å²) in [4.78, 5) is 38.4. The molecule has 2 aliphatic carbocycles. The number of ether oxygens (including phenoxy) is 2. The topological polar surface area (TPSA) is 106 Å². The Labute approximate surface area is 225 Å². The lowest BCUT2D eigenvalue weighted by molar-refractivity contribution is -0.139. The Balaban J connectivity index is 1.84. The van der Waals surface area contributed by atoms with Crippen molar-refractivity contribution in [2.45, 2.75) is 83.7 Å². The highest BCUT2D eigenvalue weighted by molar-refractivity contribution is 5.97. The van der Waals surface area contributed by atoms with Gasteiger partial charge < -0.3 is 25.4 Å². The molecule has 0 spiro atoms. The second-order valence-corrected chi connectivity index (χ2v) is 11.4. The minimum atomic E-state index is -4.59. The van der Waals surface area contributed by atoms with E-state index in [0.717, 1.165) is 31.7 Å². The molecule has 3 rings (SSSR count). The predicted molar refractivity (Wildman–Crippen MR) is 135 cm³/mol. The summed E-state index contributed by atoms with van der Waals surface area (Å²) in [5, 5.41) is 7.08. The fourth-order valence-electron chi connectivity index (χ4n) is 4.77. The number of halogens is 4. The normalized spacial score (nSPS) is 17.4. The Morgan fingerprint density at radius 1 is 1.03 bits per heavy atom. The van der Waals surface area contributed by atoms with Crippen LogP contribution in [0.4, 0.5) is 28.0 Å². The summed E-state index contributed by atoms with van der Waals surface area (Å²) in [6.07, 6.45) is -1.57. The Morgan fingerprint density at radius 2 is 1.62 bits per heavy atom. The fraction of sp³-hybridized carbons (Fsp3) is 0.667. The molecule has 3 N–H and O–H groups in total. The van der Waals surface area contributed by atoms with E-state index in [1.54, 1.807) is 26.1 Å². The smallest absolute Gasteiger partial charge is 0.408 e. The van der Waals surface area contributed by atoms with Gasteiger partial charge in [-0.05, 0) is 94.4 Å². The monoisotopic (exact) mass is 559 g/mol. The van der Waals surface area contributed by atoms with E-state index in [2.05, 4.69) is 10.6 Å². The molecular formula is C27H37F4N3O5. The summed E-state index contributed by atoms with van der Waals surface area (Å²) in [6, 6.07) is 1.36. The van der Waals surface area contributed by atoms with Gasteiger partial charge in [-0.3, -0.25) is 9.59 Å². The van der Waals surface area contributed by atoms with Gasteiger partial charge in [-0.1, -0.05) is 0 Å². The van der Waals surface area contributed by atoms with E-state index in [0.29, 0.717) is 5.56 Å². The molecular weight excluding hydrogens is 522 g/mol. The number of amides is 3. The van der Waals surface area contributed by atoms with Gasteiger partial charge in [0.2, 0.25) is 11.8 Å². The number of carbonyl (C=O) groups excluding carboxylic acids is 3. The average Bonchev–Trinajstić information content (AvgIpc) is 3.72. The molecule has 2 saturated carbocycles. The van der Waals surface area contributed by atoms with Crippen molar-refractivity contribution in [3.05, 3.63) is 29.1 Å². The third-order valence-corrected chi connectivity index (χ3v) is 6.78. The van der Waals surface area contributed by atoms with E-state index in [1.807, 2.05) is 0 Å². The minimum Gasteiger partial charge on any atom is -0.444 e. The third-order valence-electron chi connectivity index (χ3n) is 6.78. The van der Waals surface area contributed by atoms with E-state index in [9.17, 15) is 27.6 Å². The molecule has 0 bridgehead atoms. The summed E-state index contributed by atoms with van der Waals surface area (Å²) in [6.45, 7) is 4.89. The van der Waals surface area contributed by atoms with Crippen molar-refractivity contribution in [2.24, 2.45) is 17.8 Å². The second kappa shape index (κ2) is 12.1. The standard InChI is InChI=1S/C27H37F4N3O5/c1-14(23(35)32-13-27(29,30)31)18-11-19(28)20(10-17(18)12-38-5)33-24(36)22(34-25(37)39-26(2,3)4)21(15-6-7-15)16-8-9-16/h10-11,14-16,21-22H,6-9,12-13H2,1-5H3,(H,32,35)(H,33,36)(H,34,37)/t14?,22-/m0/s1. The number of anilines is 1. The van der Waals surface area contributed by atoms with E-state index >= 15 is 4.39 Å². The molecule has 39 heavy (non-hydrogen) atoms. The van der Waals surface area contributed by atoms with Crippen LogP contribution < -0.4 is 16.0 Å². The molecule has 3 amide bonds. The number of rotatable bonds is 11. The molecule has 0 saturated heterocycles. The zero-order valence-corrected chi connectivity index (χ0v) is 22.8. The summed E-state index contributed by atoms with van der Waals surface area (Å²) in [7, 11) is 1.37. The summed E-state index contributed by atoms with van der Waals surface area (Å²) in [5.41, 5.74) is -0.523. The summed E-state index contributed by atoms with van der Waals surface area (Å²) in [5.74, 6) is -3.09. The maximum atomic E-state index is 15.2. The van der Waals surface area contributed by atoms with Gasteiger partial charge in [0.05, 0.1) is 18.2 Å². The van der Waals surface area contributed by atoms with Crippen LogP contribution in [0.2, 0.25) is 0 Å². The first kappa shape index (κ1) is 30.6. The van der Waals surface area contributed by atoms with Gasteiger partial charge in [-0.15, -0.1) is 0 Å². The molecule has 2 fully saturated rings. The van der Waals surface area contributed by atoms with E-state index in [4.69, 9.17) is 9.47 Å². The second-order valence-electron chi connectivity index (χ2n) is 11.4. The first-order chi connectivity index (χ1) is 18.1. The molecule has 1 aromatic rings. The molecule has 1 aromatic carbocycles. The first-order valence-corrected chi connectivity index (χ1v) is 13.1. The lowest BCUT2D eigenvalue weighted by atomic mass is 9.88. The predicted octanol–water partition coefficient (Wildman–Crippen LogP) is 5.02. The molecule has 0 heterocycles. The zero-order valence-electron chi connectivity index (χ0n) is 22.8. The molecule has 12 heteroatoms. The van der Waals surface area contributed by atoms with E-state index < -0.39 is 54.0 Å². The number of carbonyl (C=O) groups is 3. The van der Waals surface area contributed by atoms with Crippen molar-refractivity contribution >= 4 is 23.6 Å². The number of hydrogen-bond donors (Lipinski definition) is 3. The molecule has 2 atom stereocenters. The van der Waals surface area contributed by atoms with Crippen molar-refractivity contribution in [3.8, 4) is 0 Å². The van der Waals surface area contributed by atoms with E-state index in [1.165, 1.54) is 20.1 Å². The van der Waals surface area contributed by atoms with Gasteiger partial charge >= 0.3 is 12.3 Å². The number of methoxy groups -OCH3 is 1. The van der Waals surface area contributed by atoms with Crippen LogP contribution in [0.25, 0.3) is 0 Å². The number of benzene rings is 1. The molecule has 0 aliphatic heterocycles. The number of hydrogen-bond acceptors (Lipinski definition) is 5. The average molecular weight is 560 g/mol. The highest BCUT2D eigenvalue weighted by Gasteiger charge is 2.48. The lowest BCUT2D eigenvalue weighted by Crippen LogP contribution is -2.51. The Hall–Kier alpha value is -2.89. The van der Waals surface area contributed by atoms with E-state index in [-0.39, 0.29) is 35.6 Å². The van der Waals surface area contributed by atoms with Gasteiger partial charge in [0.15, 0.2) is 0 Å². The van der Waals surface area contributed by atoms with Crippen LogP contribution in [0, 0.1) is 23.6 Å². The van der Waals surface area contributed by atoms with Crippen LogP contribution in [0.1, 0.15) is 70.4 Å². The van der Waals surface area contributed by atoms with Crippen LogP contribution in [-0.4, -0.2) is 49.4 Å². The third kappa shape index (κ3) is 9.08. The maximum absolute atomic E-state index is 15.2. The van der Waals surface area contributed by atoms with Gasteiger partial charge in [-0.2, -0.15) is 13.2 Å². The summed E-state index contributed by atoms with van der Waals surface area (Å²) >= 11 is 0. The molecule has 218 valence electrons. The Bertz CT molecular complexity index is 1050. The zero-order chi connectivity index (χ0) is 29.1. The summed E-state index contributed by atoms with van der Waals surface area (Å²) < 4.78 is 63.4. The molecule has 0 aromatic heterocycles. The van der Waals surface area contributed by atoms with Gasteiger partial charge in [-0.25, -0.2) is 9.18 Å². The highest BCUT2D eigenvalue weighted by Crippen LogP contribution is 2.51. The van der Waals surface area contributed by atoms with Crippen molar-refractivity contribution in [1.29, 1.82) is 0 Å². The molecule has 1 unspecified atom stereocenters. The van der Waals surface area contributed by atoms with Crippen LogP contribution in [0.15, 0.2) is 12.1 Å². The maximum Gasteiger partial charge on any atom is 0.408 e. The van der Waals surface area contributed by atoms with Crippen LogP contribution >= 0.6 is 0 Å². The molecule has 2 aliphatic rings. The minimum absolute atomic E-state index is 0.0816.